The van der Waals surface area contributed by atoms with E-state index in [1.807, 2.05) is 13.8 Å². The fourth-order valence-electron chi connectivity index (χ4n) is 1.49. The fraction of sp³-hybridized carbons (Fsp3) is 0.417. The van der Waals surface area contributed by atoms with Gasteiger partial charge in [0.15, 0.2) is 0 Å². The summed E-state index contributed by atoms with van der Waals surface area (Å²) in [7, 11) is 0. The number of nitrogens with one attached hydrogen (secondary N) is 1. The van der Waals surface area contributed by atoms with Crippen molar-refractivity contribution < 1.29 is 14.7 Å². The van der Waals surface area contributed by atoms with Crippen molar-refractivity contribution in [2.45, 2.75) is 13.8 Å². The van der Waals surface area contributed by atoms with Gasteiger partial charge in [0.2, 0.25) is 0 Å². The van der Waals surface area contributed by atoms with Gasteiger partial charge in [-0.25, -0.2) is 4.98 Å². The minimum absolute atomic E-state index is 0.00863. The average molecular weight is 251 g/mol. The van der Waals surface area contributed by atoms with E-state index in [0.29, 0.717) is 5.82 Å². The van der Waals surface area contributed by atoms with Crippen molar-refractivity contribution in [1.82, 2.24) is 4.98 Å². The predicted molar refractivity (Wildman–Crippen MR) is 67.2 cm³/mol. The highest BCUT2D eigenvalue weighted by Crippen LogP contribution is 2.13. The topological polar surface area (TPSA) is 105 Å². The highest BCUT2D eigenvalue weighted by atomic mass is 16.4. The lowest BCUT2D eigenvalue weighted by Gasteiger charge is -2.17. The zero-order chi connectivity index (χ0) is 13.7. The van der Waals surface area contributed by atoms with Crippen LogP contribution in [0, 0.1) is 11.8 Å². The molecule has 0 aromatic carbocycles. The first kappa shape index (κ1) is 14.0. The maximum atomic E-state index is 11.0. The molecule has 0 radical (unpaired) electrons. The van der Waals surface area contributed by atoms with Gasteiger partial charge in [0.25, 0.3) is 5.91 Å². The van der Waals surface area contributed by atoms with Crippen LogP contribution >= 0.6 is 0 Å². The molecule has 1 rings (SSSR count). The molecule has 0 saturated carbocycles. The summed E-state index contributed by atoms with van der Waals surface area (Å²) in [5.74, 6) is -1.53. The molecule has 1 aromatic heterocycles. The van der Waals surface area contributed by atoms with Crippen LogP contribution in [-0.2, 0) is 4.79 Å². The van der Waals surface area contributed by atoms with Gasteiger partial charge in [-0.3, -0.25) is 9.59 Å². The number of carboxylic acids is 1. The van der Waals surface area contributed by atoms with Gasteiger partial charge in [-0.15, -0.1) is 0 Å². The Labute approximate surface area is 105 Å². The smallest absolute Gasteiger partial charge is 0.308 e. The summed E-state index contributed by atoms with van der Waals surface area (Å²) in [6, 6.07) is 4.80. The molecule has 98 valence electrons. The number of carboxylic acid groups (broad SMARTS) is 1. The quantitative estimate of drug-likeness (QED) is 0.698. The lowest BCUT2D eigenvalue weighted by molar-refractivity contribution is -0.142. The van der Waals surface area contributed by atoms with Gasteiger partial charge in [-0.05, 0) is 18.1 Å². The molecule has 4 N–H and O–H groups in total. The van der Waals surface area contributed by atoms with Crippen molar-refractivity contribution in [3.8, 4) is 0 Å². The number of nitrogens with zero attached hydrogens (tertiary/aromatic N) is 1. The second kappa shape index (κ2) is 6.00. The molecule has 0 aliphatic rings. The van der Waals surface area contributed by atoms with E-state index in [9.17, 15) is 9.59 Å². The fourth-order valence-corrected chi connectivity index (χ4v) is 1.49. The zero-order valence-electron chi connectivity index (χ0n) is 10.4. The van der Waals surface area contributed by atoms with Crippen LogP contribution in [0.15, 0.2) is 18.2 Å². The van der Waals surface area contributed by atoms with Crippen LogP contribution in [0.4, 0.5) is 5.82 Å². The van der Waals surface area contributed by atoms with Gasteiger partial charge >= 0.3 is 5.97 Å². The highest BCUT2D eigenvalue weighted by molar-refractivity contribution is 5.91. The van der Waals surface area contributed by atoms with Gasteiger partial charge < -0.3 is 16.2 Å². The normalized spacial score (nSPS) is 12.2. The van der Waals surface area contributed by atoms with Crippen molar-refractivity contribution in [2.24, 2.45) is 17.6 Å². The lowest BCUT2D eigenvalue weighted by atomic mass is 9.96. The Kier molecular flexibility index (Phi) is 4.65. The third kappa shape index (κ3) is 3.73. The lowest BCUT2D eigenvalue weighted by Crippen LogP contribution is -2.28. The summed E-state index contributed by atoms with van der Waals surface area (Å²) in [4.78, 5) is 25.9. The number of carbonyl (C=O) groups excluding carboxylic acids is 1. The summed E-state index contributed by atoms with van der Waals surface area (Å²) in [5, 5.41) is 11.9. The number of rotatable bonds is 6. The van der Waals surface area contributed by atoms with Gasteiger partial charge in [-0.1, -0.05) is 19.9 Å². The Hall–Kier alpha value is -2.11. The number of amides is 1. The molecule has 0 saturated heterocycles. The maximum Gasteiger partial charge on any atom is 0.308 e. The van der Waals surface area contributed by atoms with Crippen LogP contribution in [0.2, 0.25) is 0 Å². The first-order chi connectivity index (χ1) is 8.41. The van der Waals surface area contributed by atoms with Crippen molar-refractivity contribution in [1.29, 1.82) is 0 Å². The first-order valence-corrected chi connectivity index (χ1v) is 5.65. The molecule has 0 fully saturated rings. The number of pyridine rings is 1. The van der Waals surface area contributed by atoms with Crippen LogP contribution in [0.1, 0.15) is 24.3 Å². The largest absolute Gasteiger partial charge is 0.481 e. The molecule has 6 heteroatoms. The van der Waals surface area contributed by atoms with Crippen molar-refractivity contribution >= 4 is 17.7 Å². The number of hydrogen-bond acceptors (Lipinski definition) is 4. The maximum absolute atomic E-state index is 11.0. The Morgan fingerprint density at radius 2 is 2.11 bits per heavy atom. The molecular formula is C12H17N3O3. The van der Waals surface area contributed by atoms with E-state index in [-0.39, 0.29) is 18.2 Å². The number of nitrogens with two attached hydrogens (primary N) is 1. The summed E-state index contributed by atoms with van der Waals surface area (Å²) in [6.07, 6.45) is 0. The number of aromatic nitrogens is 1. The van der Waals surface area contributed by atoms with Crippen molar-refractivity contribution in [3.63, 3.8) is 0 Å². The molecule has 1 heterocycles. The van der Waals surface area contributed by atoms with Gasteiger partial charge in [0.1, 0.15) is 11.5 Å². The van der Waals surface area contributed by atoms with E-state index in [4.69, 9.17) is 10.8 Å². The van der Waals surface area contributed by atoms with E-state index in [2.05, 4.69) is 10.3 Å². The second-order valence-electron chi connectivity index (χ2n) is 4.34. The summed E-state index contributed by atoms with van der Waals surface area (Å²) < 4.78 is 0. The van der Waals surface area contributed by atoms with E-state index < -0.39 is 17.8 Å². The molecule has 1 atom stereocenters. The zero-order valence-corrected chi connectivity index (χ0v) is 10.4. The Morgan fingerprint density at radius 1 is 1.44 bits per heavy atom. The van der Waals surface area contributed by atoms with Gasteiger partial charge in [-0.2, -0.15) is 0 Å². The van der Waals surface area contributed by atoms with E-state index in [1.54, 1.807) is 12.1 Å². The molecule has 0 aliphatic heterocycles. The summed E-state index contributed by atoms with van der Waals surface area (Å²) in [6.45, 7) is 3.93. The SMILES string of the molecule is CC(C)C(CNc1cccc(C(N)=O)n1)C(=O)O. The molecule has 1 aromatic rings. The average Bonchev–Trinajstić information content (AvgIpc) is 2.28. The molecular weight excluding hydrogens is 234 g/mol. The highest BCUT2D eigenvalue weighted by Gasteiger charge is 2.21. The number of primary amides is 1. The van der Waals surface area contributed by atoms with Crippen molar-refractivity contribution in [2.75, 3.05) is 11.9 Å². The van der Waals surface area contributed by atoms with Crippen molar-refractivity contribution in [3.05, 3.63) is 23.9 Å². The van der Waals surface area contributed by atoms with Crippen LogP contribution in [-0.4, -0.2) is 28.5 Å². The number of hydrogen-bond donors (Lipinski definition) is 3. The van der Waals surface area contributed by atoms with Gasteiger partial charge in [0.05, 0.1) is 5.92 Å². The monoisotopic (exact) mass is 251 g/mol. The van der Waals surface area contributed by atoms with E-state index in [1.165, 1.54) is 6.07 Å². The molecule has 0 aliphatic carbocycles. The molecule has 0 bridgehead atoms. The van der Waals surface area contributed by atoms with E-state index in [0.717, 1.165) is 0 Å². The third-order valence-electron chi connectivity index (χ3n) is 2.63. The first-order valence-electron chi connectivity index (χ1n) is 5.65. The molecule has 6 nitrogen and oxygen atoms in total. The Balaban J connectivity index is 2.70. The van der Waals surface area contributed by atoms with Crippen LogP contribution in [0.25, 0.3) is 0 Å². The third-order valence-corrected chi connectivity index (χ3v) is 2.63. The summed E-state index contributed by atoms with van der Waals surface area (Å²) >= 11 is 0. The Bertz CT molecular complexity index is 446. The van der Waals surface area contributed by atoms with E-state index >= 15 is 0 Å². The predicted octanol–water partition coefficient (Wildman–Crippen LogP) is 0.949. The molecule has 0 spiro atoms. The number of aliphatic carboxylic acids is 1. The number of anilines is 1. The Morgan fingerprint density at radius 3 is 2.61 bits per heavy atom. The molecule has 18 heavy (non-hydrogen) atoms. The minimum atomic E-state index is -0.858. The van der Waals surface area contributed by atoms with Gasteiger partial charge in [0, 0.05) is 6.54 Å². The number of carbonyl (C=O) groups is 2. The molecule has 1 amide bonds. The van der Waals surface area contributed by atoms with Crippen LogP contribution in [0.3, 0.4) is 0 Å². The molecule has 1 unspecified atom stereocenters. The summed E-state index contributed by atoms with van der Waals surface area (Å²) in [5.41, 5.74) is 5.26. The van der Waals surface area contributed by atoms with Crippen LogP contribution in [0.5, 0.6) is 0 Å². The minimum Gasteiger partial charge on any atom is -0.481 e. The van der Waals surface area contributed by atoms with Crippen LogP contribution < -0.4 is 11.1 Å². The second-order valence-corrected chi connectivity index (χ2v) is 4.34. The standard InChI is InChI=1S/C12H17N3O3/c1-7(2)8(12(17)18)6-14-10-5-3-4-9(15-10)11(13)16/h3-5,7-8H,6H2,1-2H3,(H2,13,16)(H,14,15)(H,17,18).